The number of hydrogen-bond donors (Lipinski definition) is 2. The molecular weight excluding hydrogens is 426 g/mol. The largest absolute Gasteiger partial charge is 0.375 e. The summed E-state index contributed by atoms with van der Waals surface area (Å²) in [6.45, 7) is 5.14. The highest BCUT2D eigenvalue weighted by Gasteiger charge is 2.23. The number of nitrogens with zero attached hydrogens (tertiary/aromatic N) is 2. The number of amides is 1. The van der Waals surface area contributed by atoms with Gasteiger partial charge in [0, 0.05) is 49.2 Å². The van der Waals surface area contributed by atoms with Gasteiger partial charge in [0.15, 0.2) is 0 Å². The summed E-state index contributed by atoms with van der Waals surface area (Å²) in [5, 5.41) is 6.53. The molecule has 8 heteroatoms. The zero-order chi connectivity index (χ0) is 21.0. The Hall–Kier alpha value is -2.05. The summed E-state index contributed by atoms with van der Waals surface area (Å²) in [7, 11) is 2.08. The number of rotatable bonds is 6. The number of benzene rings is 1. The second kappa shape index (κ2) is 10.8. The Kier molecular flexibility index (Phi) is 8.74. The second-order valence-electron chi connectivity index (χ2n) is 7.67. The zero-order valence-corrected chi connectivity index (χ0v) is 19.1. The summed E-state index contributed by atoms with van der Waals surface area (Å²) in [5.74, 6) is 0.155. The van der Waals surface area contributed by atoms with Crippen LogP contribution in [0, 0.1) is 12.7 Å². The fourth-order valence-corrected chi connectivity index (χ4v) is 3.85. The molecule has 0 bridgehead atoms. The number of pyridine rings is 1. The van der Waals surface area contributed by atoms with Crippen LogP contribution < -0.4 is 15.5 Å². The Morgan fingerprint density at radius 2 is 1.90 bits per heavy atom. The average Bonchev–Trinajstić information content (AvgIpc) is 2.72. The maximum absolute atomic E-state index is 13.3. The van der Waals surface area contributed by atoms with Crippen molar-refractivity contribution >= 4 is 41.4 Å². The van der Waals surface area contributed by atoms with Gasteiger partial charge in [-0.3, -0.25) is 4.79 Å². The number of aryl methyl sites for hydroxylation is 1. The van der Waals surface area contributed by atoms with Crippen LogP contribution in [-0.2, 0) is 0 Å². The molecule has 3 rings (SSSR count). The van der Waals surface area contributed by atoms with Crippen molar-refractivity contribution in [2.45, 2.75) is 51.6 Å². The maximum atomic E-state index is 13.3. The summed E-state index contributed by atoms with van der Waals surface area (Å²) in [6, 6.07) is 6.59. The van der Waals surface area contributed by atoms with E-state index < -0.39 is 5.82 Å². The molecule has 0 spiro atoms. The van der Waals surface area contributed by atoms with Crippen LogP contribution in [-0.4, -0.2) is 36.6 Å². The number of anilines is 2. The van der Waals surface area contributed by atoms with E-state index in [1.807, 2.05) is 6.20 Å². The molecule has 1 aliphatic rings. The normalized spacial score (nSPS) is 18.3. The van der Waals surface area contributed by atoms with Crippen molar-refractivity contribution in [2.24, 2.45) is 0 Å². The van der Waals surface area contributed by atoms with E-state index in [1.165, 1.54) is 23.9 Å². The molecule has 1 amide bonds. The van der Waals surface area contributed by atoms with E-state index in [-0.39, 0.29) is 29.4 Å². The highest BCUT2D eigenvalue weighted by atomic mass is 35.5. The fraction of sp³-hybridized carbons (Fsp3) is 0.455. The van der Waals surface area contributed by atoms with Gasteiger partial charge < -0.3 is 15.5 Å². The van der Waals surface area contributed by atoms with E-state index >= 15 is 0 Å². The van der Waals surface area contributed by atoms with Gasteiger partial charge in [-0.1, -0.05) is 11.6 Å². The molecule has 0 radical (unpaired) electrons. The Labute approximate surface area is 188 Å². The molecule has 30 heavy (non-hydrogen) atoms. The van der Waals surface area contributed by atoms with E-state index in [0.717, 1.165) is 43.6 Å². The number of halogens is 3. The van der Waals surface area contributed by atoms with Crippen LogP contribution in [0.2, 0.25) is 5.02 Å². The minimum absolute atomic E-state index is 0. The third-order valence-electron chi connectivity index (χ3n) is 5.56. The van der Waals surface area contributed by atoms with Crippen molar-refractivity contribution in [3.8, 4) is 0 Å². The first-order chi connectivity index (χ1) is 13.9. The van der Waals surface area contributed by atoms with Gasteiger partial charge in [0.25, 0.3) is 5.91 Å². The highest BCUT2D eigenvalue weighted by molar-refractivity contribution is 6.31. The summed E-state index contributed by atoms with van der Waals surface area (Å²) in [4.78, 5) is 19.1. The Morgan fingerprint density at radius 3 is 2.53 bits per heavy atom. The summed E-state index contributed by atoms with van der Waals surface area (Å²) in [6.07, 6.45) is 5.56. The van der Waals surface area contributed by atoms with E-state index in [4.69, 9.17) is 11.6 Å². The van der Waals surface area contributed by atoms with Gasteiger partial charge in [-0.15, -0.1) is 12.4 Å². The van der Waals surface area contributed by atoms with Gasteiger partial charge in [0.05, 0.1) is 5.02 Å². The van der Waals surface area contributed by atoms with Crippen molar-refractivity contribution in [3.63, 3.8) is 0 Å². The van der Waals surface area contributed by atoms with Crippen molar-refractivity contribution in [3.05, 3.63) is 52.4 Å². The van der Waals surface area contributed by atoms with Crippen molar-refractivity contribution in [1.82, 2.24) is 10.3 Å². The lowest BCUT2D eigenvalue weighted by atomic mass is 9.91. The van der Waals surface area contributed by atoms with E-state index in [0.29, 0.717) is 11.6 Å². The monoisotopic (exact) mass is 454 g/mol. The minimum atomic E-state index is -0.521. The fourth-order valence-electron chi connectivity index (χ4n) is 3.67. The molecule has 2 aromatic rings. The van der Waals surface area contributed by atoms with Crippen molar-refractivity contribution in [1.29, 1.82) is 0 Å². The average molecular weight is 455 g/mol. The van der Waals surface area contributed by atoms with Crippen molar-refractivity contribution < 1.29 is 9.18 Å². The number of carbonyl (C=O) groups excluding carboxylic acids is 1. The first-order valence-corrected chi connectivity index (χ1v) is 10.5. The molecule has 1 aromatic carbocycles. The van der Waals surface area contributed by atoms with Gasteiger partial charge in [-0.25, -0.2) is 9.37 Å². The minimum Gasteiger partial charge on any atom is -0.375 e. The van der Waals surface area contributed by atoms with Crippen LogP contribution in [0.4, 0.5) is 15.9 Å². The molecule has 1 aromatic heterocycles. The molecule has 164 valence electrons. The predicted octanol–water partition coefficient (Wildman–Crippen LogP) is 5.21. The lowest BCUT2D eigenvalue weighted by molar-refractivity contribution is 0.0926. The predicted molar refractivity (Wildman–Crippen MR) is 124 cm³/mol. The third kappa shape index (κ3) is 5.99. The lowest BCUT2D eigenvalue weighted by Crippen LogP contribution is -2.40. The van der Waals surface area contributed by atoms with E-state index in [1.54, 1.807) is 0 Å². The zero-order valence-electron chi connectivity index (χ0n) is 17.5. The van der Waals surface area contributed by atoms with E-state index in [9.17, 15) is 9.18 Å². The SMILES string of the molecule is CCN(C)c1cc(N[C@H]2CC[C@@H](NC(=O)c3ccc(F)c(Cl)c3)CC2)ncc1C.Cl. The van der Waals surface area contributed by atoms with E-state index in [2.05, 4.69) is 47.5 Å². The number of nitrogens with one attached hydrogen (secondary N) is 2. The standard InChI is InChI=1S/C22H28ClFN4O.ClH/c1-4-28(3)20-12-21(25-13-14(20)2)26-16-6-8-17(9-7-16)27-22(29)15-5-10-19(24)18(23)11-15;/h5,10-13,16-17H,4,6-9H2,1-3H3,(H,25,26)(H,27,29);1H/t16-,17+;. The van der Waals surface area contributed by atoms with Gasteiger partial charge in [0.1, 0.15) is 11.6 Å². The molecule has 0 atom stereocenters. The Morgan fingerprint density at radius 1 is 1.23 bits per heavy atom. The number of hydrogen-bond acceptors (Lipinski definition) is 4. The molecular formula is C22H29Cl2FN4O. The second-order valence-corrected chi connectivity index (χ2v) is 8.07. The van der Waals surface area contributed by atoms with Crippen LogP contribution in [0.1, 0.15) is 48.5 Å². The molecule has 0 unspecified atom stereocenters. The number of carbonyl (C=O) groups is 1. The van der Waals surface area contributed by atoms with Gasteiger partial charge in [-0.2, -0.15) is 0 Å². The summed E-state index contributed by atoms with van der Waals surface area (Å²) in [5.41, 5.74) is 2.73. The van der Waals surface area contributed by atoms with Crippen molar-refractivity contribution in [2.75, 3.05) is 23.8 Å². The van der Waals surface area contributed by atoms with Gasteiger partial charge in [-0.05, 0) is 63.3 Å². The quantitative estimate of drug-likeness (QED) is 0.628. The van der Waals surface area contributed by atoms with Crippen LogP contribution in [0.3, 0.4) is 0 Å². The highest BCUT2D eigenvalue weighted by Crippen LogP contribution is 2.26. The molecule has 1 saturated carbocycles. The summed E-state index contributed by atoms with van der Waals surface area (Å²) < 4.78 is 13.3. The molecule has 1 aliphatic carbocycles. The molecule has 2 N–H and O–H groups in total. The molecule has 1 heterocycles. The first-order valence-electron chi connectivity index (χ1n) is 10.1. The molecule has 0 saturated heterocycles. The smallest absolute Gasteiger partial charge is 0.251 e. The Bertz CT molecular complexity index is 872. The molecule has 5 nitrogen and oxygen atoms in total. The first kappa shape index (κ1) is 24.2. The molecule has 0 aliphatic heterocycles. The topological polar surface area (TPSA) is 57.3 Å². The van der Waals surface area contributed by atoms with Crippen LogP contribution in [0.15, 0.2) is 30.5 Å². The van der Waals surface area contributed by atoms with Crippen LogP contribution in [0.25, 0.3) is 0 Å². The maximum Gasteiger partial charge on any atom is 0.251 e. The van der Waals surface area contributed by atoms with Crippen LogP contribution in [0.5, 0.6) is 0 Å². The van der Waals surface area contributed by atoms with Gasteiger partial charge in [0.2, 0.25) is 0 Å². The Balaban J connectivity index is 0.00000320. The molecule has 1 fully saturated rings. The third-order valence-corrected chi connectivity index (χ3v) is 5.85. The summed E-state index contributed by atoms with van der Waals surface area (Å²) >= 11 is 5.77. The van der Waals surface area contributed by atoms with Crippen LogP contribution >= 0.6 is 24.0 Å². The number of aromatic nitrogens is 1. The van der Waals surface area contributed by atoms with Gasteiger partial charge >= 0.3 is 0 Å². The lowest BCUT2D eigenvalue weighted by Gasteiger charge is -2.30.